The molecule has 0 atom stereocenters. The van der Waals surface area contributed by atoms with E-state index in [4.69, 9.17) is 16.3 Å². The molecule has 0 aliphatic carbocycles. The lowest BCUT2D eigenvalue weighted by molar-refractivity contribution is -0.136. The molecule has 0 spiro atoms. The molecule has 0 amide bonds. The Labute approximate surface area is 146 Å². The monoisotopic (exact) mass is 372 g/mol. The summed E-state index contributed by atoms with van der Waals surface area (Å²) in [5.41, 5.74) is 0. The van der Waals surface area contributed by atoms with E-state index in [0.717, 1.165) is 6.07 Å². The molecule has 0 bridgehead atoms. The number of rotatable bonds is 6. The van der Waals surface area contributed by atoms with Gasteiger partial charge < -0.3 is 9.47 Å². The molecular formula is C17H12ClF3O4. The van der Waals surface area contributed by atoms with Crippen molar-refractivity contribution in [3.8, 4) is 11.5 Å². The van der Waals surface area contributed by atoms with Gasteiger partial charge in [0.1, 0.15) is 5.75 Å². The summed E-state index contributed by atoms with van der Waals surface area (Å²) in [6.45, 7) is 0. The fourth-order valence-electron chi connectivity index (χ4n) is 1.85. The van der Waals surface area contributed by atoms with E-state index in [1.807, 2.05) is 0 Å². The highest BCUT2D eigenvalue weighted by Gasteiger charge is 2.17. The summed E-state index contributed by atoms with van der Waals surface area (Å²) in [5, 5.41) is 0.405. The zero-order valence-corrected chi connectivity index (χ0v) is 13.5. The maximum Gasteiger partial charge on any atom is 0.311 e. The zero-order chi connectivity index (χ0) is 18.4. The van der Waals surface area contributed by atoms with Crippen molar-refractivity contribution >= 4 is 23.5 Å². The number of carbonyl (C=O) groups excluding carboxylic acids is 2. The van der Waals surface area contributed by atoms with Crippen LogP contribution < -0.4 is 9.47 Å². The first kappa shape index (κ1) is 18.8. The van der Waals surface area contributed by atoms with Gasteiger partial charge in [-0.25, -0.2) is 8.78 Å². The lowest BCUT2D eigenvalue weighted by Gasteiger charge is -2.07. The van der Waals surface area contributed by atoms with E-state index in [-0.39, 0.29) is 25.0 Å². The quantitative estimate of drug-likeness (QED) is 0.427. The summed E-state index contributed by atoms with van der Waals surface area (Å²) in [7, 11) is 0. The topological polar surface area (TPSA) is 52.6 Å². The van der Waals surface area contributed by atoms with Crippen LogP contribution in [0.5, 0.6) is 11.5 Å². The van der Waals surface area contributed by atoms with E-state index in [2.05, 4.69) is 4.74 Å². The van der Waals surface area contributed by atoms with Crippen molar-refractivity contribution in [3.05, 3.63) is 58.9 Å². The minimum atomic E-state index is -1.73. The Morgan fingerprint density at radius 1 is 0.920 bits per heavy atom. The average Bonchev–Trinajstić information content (AvgIpc) is 2.55. The third-order valence-electron chi connectivity index (χ3n) is 3.01. The summed E-state index contributed by atoms with van der Waals surface area (Å²) in [6.07, 6.45) is -0.255. The highest BCUT2D eigenvalue weighted by molar-refractivity contribution is 6.30. The molecule has 0 fully saturated rings. The molecule has 132 valence electrons. The first-order valence-electron chi connectivity index (χ1n) is 7.17. The molecule has 0 saturated carbocycles. The second-order valence-electron chi connectivity index (χ2n) is 4.93. The van der Waals surface area contributed by atoms with Gasteiger partial charge in [-0.1, -0.05) is 17.7 Å². The Morgan fingerprint density at radius 3 is 2.28 bits per heavy atom. The van der Waals surface area contributed by atoms with Gasteiger partial charge in [-0.05, 0) is 36.8 Å². The second kappa shape index (κ2) is 8.53. The lowest BCUT2D eigenvalue weighted by Crippen LogP contribution is -2.12. The fraction of sp³-hybridized carbons (Fsp3) is 0.176. The van der Waals surface area contributed by atoms with Gasteiger partial charge in [0.25, 0.3) is 0 Å². The molecule has 0 aliphatic heterocycles. The normalized spacial score (nSPS) is 10.4. The van der Waals surface area contributed by atoms with Crippen molar-refractivity contribution in [2.75, 3.05) is 0 Å². The van der Waals surface area contributed by atoms with Crippen LogP contribution in [0.3, 0.4) is 0 Å². The molecule has 0 saturated heterocycles. The van der Waals surface area contributed by atoms with E-state index in [1.165, 1.54) is 6.07 Å². The van der Waals surface area contributed by atoms with E-state index in [9.17, 15) is 22.8 Å². The number of ether oxygens (including phenoxy) is 2. The largest absolute Gasteiger partial charge is 0.426 e. The van der Waals surface area contributed by atoms with Crippen LogP contribution in [0.1, 0.15) is 19.3 Å². The Bertz CT molecular complexity index is 795. The maximum atomic E-state index is 13.4. The van der Waals surface area contributed by atoms with Crippen LogP contribution in [-0.2, 0) is 9.59 Å². The van der Waals surface area contributed by atoms with Crippen molar-refractivity contribution in [2.24, 2.45) is 0 Å². The third-order valence-corrected chi connectivity index (χ3v) is 3.25. The number of hydrogen-bond acceptors (Lipinski definition) is 4. The predicted octanol–water partition coefficient (Wildman–Crippen LogP) is 4.44. The van der Waals surface area contributed by atoms with Gasteiger partial charge in [-0.2, -0.15) is 4.39 Å². The van der Waals surface area contributed by atoms with Gasteiger partial charge in [0.05, 0.1) is 0 Å². The Hall–Kier alpha value is -2.54. The summed E-state index contributed by atoms with van der Waals surface area (Å²) in [4.78, 5) is 23.2. The Morgan fingerprint density at radius 2 is 1.60 bits per heavy atom. The second-order valence-corrected chi connectivity index (χ2v) is 5.37. The molecule has 0 radical (unpaired) electrons. The molecule has 2 rings (SSSR count). The van der Waals surface area contributed by atoms with Crippen LogP contribution >= 0.6 is 11.6 Å². The molecule has 0 N–H and O–H groups in total. The number of esters is 2. The number of carbonyl (C=O) groups is 2. The molecular weight excluding hydrogens is 361 g/mol. The van der Waals surface area contributed by atoms with Crippen LogP contribution in [0.2, 0.25) is 5.02 Å². The van der Waals surface area contributed by atoms with Crippen molar-refractivity contribution in [1.29, 1.82) is 0 Å². The first-order chi connectivity index (χ1) is 11.9. The summed E-state index contributed by atoms with van der Waals surface area (Å²) < 4.78 is 48.8. The lowest BCUT2D eigenvalue weighted by atomic mass is 10.2. The Kier molecular flexibility index (Phi) is 6.41. The van der Waals surface area contributed by atoms with Gasteiger partial charge in [0.15, 0.2) is 17.4 Å². The maximum absolute atomic E-state index is 13.4. The molecule has 0 unspecified atom stereocenters. The number of hydrogen-bond donors (Lipinski definition) is 0. The molecule has 0 aromatic heterocycles. The molecule has 2 aromatic carbocycles. The van der Waals surface area contributed by atoms with Crippen LogP contribution in [0.25, 0.3) is 0 Å². The molecule has 2 aromatic rings. The van der Waals surface area contributed by atoms with Gasteiger partial charge in [0.2, 0.25) is 5.82 Å². The summed E-state index contributed by atoms with van der Waals surface area (Å²) in [5.74, 6) is -6.63. The molecule has 0 aliphatic rings. The highest BCUT2D eigenvalue weighted by atomic mass is 35.5. The van der Waals surface area contributed by atoms with Crippen LogP contribution in [0.15, 0.2) is 36.4 Å². The minimum absolute atomic E-state index is 0.0729. The number of benzene rings is 2. The summed E-state index contributed by atoms with van der Waals surface area (Å²) >= 11 is 5.75. The third kappa shape index (κ3) is 5.49. The van der Waals surface area contributed by atoms with Crippen LogP contribution in [0, 0.1) is 17.5 Å². The standard InChI is InChI=1S/C17H12ClF3O4/c18-10-3-1-4-11(9-10)24-14(22)5-2-6-15(23)25-13-8-7-12(19)16(20)17(13)21/h1,3-4,7-9H,2,5-6H2. The van der Waals surface area contributed by atoms with E-state index in [0.29, 0.717) is 11.1 Å². The van der Waals surface area contributed by atoms with Crippen molar-refractivity contribution in [3.63, 3.8) is 0 Å². The SMILES string of the molecule is O=C(CCCC(=O)Oc1ccc(F)c(F)c1F)Oc1cccc(Cl)c1. The first-order valence-corrected chi connectivity index (χ1v) is 7.55. The smallest absolute Gasteiger partial charge is 0.311 e. The van der Waals surface area contributed by atoms with E-state index >= 15 is 0 Å². The Balaban J connectivity index is 1.79. The van der Waals surface area contributed by atoms with E-state index < -0.39 is 35.1 Å². The molecule has 8 heteroatoms. The average molecular weight is 373 g/mol. The van der Waals surface area contributed by atoms with Crippen molar-refractivity contribution < 1.29 is 32.2 Å². The zero-order valence-electron chi connectivity index (χ0n) is 12.7. The number of halogens is 4. The predicted molar refractivity (Wildman–Crippen MR) is 82.9 cm³/mol. The van der Waals surface area contributed by atoms with Crippen molar-refractivity contribution in [2.45, 2.75) is 19.3 Å². The molecule has 0 heterocycles. The molecule has 25 heavy (non-hydrogen) atoms. The molecule has 4 nitrogen and oxygen atoms in total. The van der Waals surface area contributed by atoms with Gasteiger partial charge in [-0.3, -0.25) is 9.59 Å². The fourth-order valence-corrected chi connectivity index (χ4v) is 2.03. The van der Waals surface area contributed by atoms with Crippen molar-refractivity contribution in [1.82, 2.24) is 0 Å². The van der Waals surface area contributed by atoms with Crippen LogP contribution in [-0.4, -0.2) is 11.9 Å². The van der Waals surface area contributed by atoms with Crippen LogP contribution in [0.4, 0.5) is 13.2 Å². The van der Waals surface area contributed by atoms with Gasteiger partial charge in [0, 0.05) is 17.9 Å². The summed E-state index contributed by atoms with van der Waals surface area (Å²) in [6, 6.07) is 7.68. The van der Waals surface area contributed by atoms with Gasteiger partial charge >= 0.3 is 11.9 Å². The minimum Gasteiger partial charge on any atom is -0.426 e. The highest BCUT2D eigenvalue weighted by Crippen LogP contribution is 2.22. The van der Waals surface area contributed by atoms with E-state index in [1.54, 1.807) is 18.2 Å². The van der Waals surface area contributed by atoms with Gasteiger partial charge in [-0.15, -0.1) is 0 Å².